The maximum Gasteiger partial charge on any atom is 0.173 e. The summed E-state index contributed by atoms with van der Waals surface area (Å²) in [6.07, 6.45) is 1.05. The number of furan rings is 1. The molecule has 0 N–H and O–H groups in total. The van der Waals surface area contributed by atoms with Crippen LogP contribution in [0, 0.1) is 12.8 Å². The minimum absolute atomic E-state index is 0.642. The first-order valence-electron chi connectivity index (χ1n) is 5.25. The third kappa shape index (κ3) is 2.10. The van der Waals surface area contributed by atoms with E-state index < -0.39 is 0 Å². The summed E-state index contributed by atoms with van der Waals surface area (Å²) in [6, 6.07) is 6.37. The minimum Gasteiger partial charge on any atom is -0.449 e. The molecule has 15 heavy (non-hydrogen) atoms. The molecule has 0 spiro atoms. The van der Waals surface area contributed by atoms with Crippen molar-refractivity contribution in [2.45, 2.75) is 27.2 Å². The number of hydrogen-bond donors (Lipinski definition) is 0. The highest BCUT2D eigenvalue weighted by Crippen LogP contribution is 2.32. The Morgan fingerprint density at radius 3 is 2.73 bits per heavy atom. The van der Waals surface area contributed by atoms with Gasteiger partial charge in [-0.25, -0.2) is 0 Å². The van der Waals surface area contributed by atoms with Gasteiger partial charge in [0.1, 0.15) is 5.58 Å². The second-order valence-corrected chi connectivity index (χ2v) is 5.17. The van der Waals surface area contributed by atoms with Crippen molar-refractivity contribution in [3.63, 3.8) is 0 Å². The second kappa shape index (κ2) is 4.01. The zero-order valence-electron chi connectivity index (χ0n) is 9.30. The molecule has 2 heteroatoms. The lowest BCUT2D eigenvalue weighted by atomic mass is 10.0. The summed E-state index contributed by atoms with van der Waals surface area (Å²) < 4.78 is 6.58. The molecule has 80 valence electrons. The van der Waals surface area contributed by atoms with Crippen molar-refractivity contribution < 1.29 is 4.42 Å². The Labute approximate surface area is 98.6 Å². The van der Waals surface area contributed by atoms with Crippen LogP contribution in [0.5, 0.6) is 0 Å². The Morgan fingerprint density at radius 2 is 2.07 bits per heavy atom. The summed E-state index contributed by atoms with van der Waals surface area (Å²) in [4.78, 5) is 0. The molecule has 0 unspecified atom stereocenters. The number of benzene rings is 1. The van der Waals surface area contributed by atoms with Gasteiger partial charge in [-0.15, -0.1) is 0 Å². The first kappa shape index (κ1) is 10.7. The van der Waals surface area contributed by atoms with E-state index >= 15 is 0 Å². The van der Waals surface area contributed by atoms with Gasteiger partial charge in [0, 0.05) is 10.9 Å². The average molecular weight is 267 g/mol. The summed E-state index contributed by atoms with van der Waals surface area (Å²) in [5, 5.41) is 1.24. The van der Waals surface area contributed by atoms with Crippen molar-refractivity contribution >= 4 is 26.9 Å². The molecule has 0 radical (unpaired) electrons. The molecule has 1 heterocycles. The van der Waals surface area contributed by atoms with Crippen LogP contribution >= 0.6 is 15.9 Å². The molecule has 0 aliphatic carbocycles. The van der Waals surface area contributed by atoms with Crippen LogP contribution in [-0.2, 0) is 6.42 Å². The van der Waals surface area contributed by atoms with E-state index in [1.165, 1.54) is 16.5 Å². The quantitative estimate of drug-likeness (QED) is 0.768. The Balaban J connectivity index is 2.58. The molecule has 0 fully saturated rings. The van der Waals surface area contributed by atoms with Crippen molar-refractivity contribution in [1.82, 2.24) is 0 Å². The Hall–Kier alpha value is -0.760. The predicted octanol–water partition coefficient (Wildman–Crippen LogP) is 4.70. The fourth-order valence-electron chi connectivity index (χ4n) is 1.83. The lowest BCUT2D eigenvalue weighted by Gasteiger charge is -2.02. The number of hydrogen-bond acceptors (Lipinski definition) is 1. The standard InChI is InChI=1S/C13H15BrO/c1-8(2)6-11-10-5-4-9(3)7-12(10)15-13(11)14/h4-5,7-8H,6H2,1-3H3. The molecule has 0 aliphatic heterocycles. The normalized spacial score (nSPS) is 11.5. The Kier molecular flexibility index (Phi) is 2.87. The van der Waals surface area contributed by atoms with Crippen molar-refractivity contribution in [2.75, 3.05) is 0 Å². The van der Waals surface area contributed by atoms with Gasteiger partial charge in [-0.1, -0.05) is 26.0 Å². The average Bonchev–Trinajstić information content (AvgIpc) is 2.41. The van der Waals surface area contributed by atoms with E-state index in [1.54, 1.807) is 0 Å². The topological polar surface area (TPSA) is 13.1 Å². The van der Waals surface area contributed by atoms with Crippen molar-refractivity contribution in [3.8, 4) is 0 Å². The smallest absolute Gasteiger partial charge is 0.173 e. The third-order valence-corrected chi connectivity index (χ3v) is 3.15. The molecule has 0 atom stereocenters. The molecule has 0 saturated heterocycles. The van der Waals surface area contributed by atoms with Crippen molar-refractivity contribution in [3.05, 3.63) is 34.0 Å². The SMILES string of the molecule is Cc1ccc2c(CC(C)C)c(Br)oc2c1. The monoisotopic (exact) mass is 266 g/mol. The van der Waals surface area contributed by atoms with Crippen LogP contribution in [0.1, 0.15) is 25.0 Å². The van der Waals surface area contributed by atoms with E-state index in [1.807, 2.05) is 0 Å². The molecule has 0 bridgehead atoms. The molecule has 0 saturated carbocycles. The number of rotatable bonds is 2. The molecule has 2 rings (SSSR count). The molecule has 0 aliphatic rings. The van der Waals surface area contributed by atoms with Crippen molar-refractivity contribution in [2.24, 2.45) is 5.92 Å². The summed E-state index contributed by atoms with van der Waals surface area (Å²) in [5.74, 6) is 0.642. The summed E-state index contributed by atoms with van der Waals surface area (Å²) in [5.41, 5.74) is 3.51. The molecule has 1 aromatic carbocycles. The van der Waals surface area contributed by atoms with Crippen LogP contribution in [0.25, 0.3) is 11.0 Å². The molecule has 2 aromatic rings. The van der Waals surface area contributed by atoms with Gasteiger partial charge >= 0.3 is 0 Å². The first-order chi connectivity index (χ1) is 7.08. The molecular weight excluding hydrogens is 252 g/mol. The molecule has 1 nitrogen and oxygen atoms in total. The van der Waals surface area contributed by atoms with Gasteiger partial charge in [0.05, 0.1) is 0 Å². The highest BCUT2D eigenvalue weighted by molar-refractivity contribution is 9.10. The maximum absolute atomic E-state index is 5.70. The second-order valence-electron chi connectivity index (χ2n) is 4.45. The number of fused-ring (bicyclic) bond motifs is 1. The fraction of sp³-hybridized carbons (Fsp3) is 0.385. The third-order valence-electron chi connectivity index (χ3n) is 2.51. The van der Waals surface area contributed by atoms with Gasteiger partial charge in [-0.05, 0) is 46.8 Å². The maximum atomic E-state index is 5.70. The highest BCUT2D eigenvalue weighted by atomic mass is 79.9. The van der Waals surface area contributed by atoms with Gasteiger partial charge in [0.2, 0.25) is 0 Å². The minimum atomic E-state index is 0.642. The van der Waals surface area contributed by atoms with E-state index in [0.29, 0.717) is 5.92 Å². The summed E-state index contributed by atoms with van der Waals surface area (Å²) >= 11 is 3.50. The van der Waals surface area contributed by atoms with Crippen LogP contribution in [0.4, 0.5) is 0 Å². The van der Waals surface area contributed by atoms with Crippen LogP contribution in [0.2, 0.25) is 0 Å². The fourth-order valence-corrected chi connectivity index (χ4v) is 2.38. The van der Waals surface area contributed by atoms with Crippen LogP contribution in [0.15, 0.2) is 27.3 Å². The molecule has 1 aromatic heterocycles. The van der Waals surface area contributed by atoms with E-state index in [2.05, 4.69) is 54.9 Å². The van der Waals surface area contributed by atoms with Gasteiger partial charge in [0.25, 0.3) is 0 Å². The van der Waals surface area contributed by atoms with Gasteiger partial charge in [0.15, 0.2) is 4.67 Å². The van der Waals surface area contributed by atoms with E-state index in [-0.39, 0.29) is 0 Å². The predicted molar refractivity (Wildman–Crippen MR) is 67.2 cm³/mol. The molecular formula is C13H15BrO. The van der Waals surface area contributed by atoms with E-state index in [4.69, 9.17) is 4.42 Å². The largest absolute Gasteiger partial charge is 0.449 e. The van der Waals surface area contributed by atoms with Crippen LogP contribution < -0.4 is 0 Å². The number of halogens is 1. The van der Waals surface area contributed by atoms with Crippen LogP contribution in [0.3, 0.4) is 0 Å². The van der Waals surface area contributed by atoms with Crippen molar-refractivity contribution in [1.29, 1.82) is 0 Å². The first-order valence-corrected chi connectivity index (χ1v) is 6.04. The van der Waals surface area contributed by atoms with Gasteiger partial charge in [-0.2, -0.15) is 0 Å². The molecule has 0 amide bonds. The van der Waals surface area contributed by atoms with Gasteiger partial charge in [-0.3, -0.25) is 0 Å². The summed E-state index contributed by atoms with van der Waals surface area (Å²) in [7, 11) is 0. The summed E-state index contributed by atoms with van der Waals surface area (Å²) in [6.45, 7) is 6.52. The highest BCUT2D eigenvalue weighted by Gasteiger charge is 2.12. The lowest BCUT2D eigenvalue weighted by Crippen LogP contribution is -1.93. The Morgan fingerprint density at radius 1 is 1.33 bits per heavy atom. The zero-order chi connectivity index (χ0) is 11.0. The zero-order valence-corrected chi connectivity index (χ0v) is 10.9. The van der Waals surface area contributed by atoms with Crippen LogP contribution in [-0.4, -0.2) is 0 Å². The van der Waals surface area contributed by atoms with E-state index in [0.717, 1.165) is 16.7 Å². The van der Waals surface area contributed by atoms with Gasteiger partial charge < -0.3 is 4.42 Å². The lowest BCUT2D eigenvalue weighted by molar-refractivity contribution is 0.567. The number of aryl methyl sites for hydroxylation is 1. The Bertz CT molecular complexity index is 482. The van der Waals surface area contributed by atoms with E-state index in [9.17, 15) is 0 Å².